The lowest BCUT2D eigenvalue weighted by molar-refractivity contribution is 0.936. The Balaban J connectivity index is 1.94. The highest BCUT2D eigenvalue weighted by atomic mass is 15.0. The molecule has 0 bridgehead atoms. The van der Waals surface area contributed by atoms with Crippen LogP contribution in [0.5, 0.6) is 0 Å². The van der Waals surface area contributed by atoms with E-state index in [1.165, 1.54) is 23.6 Å². The van der Waals surface area contributed by atoms with Crippen molar-refractivity contribution in [2.75, 3.05) is 5.73 Å². The SMILES string of the molecule is Nc1cc(-c2cccc3ccccc23)nc(C2CC2)n1. The van der Waals surface area contributed by atoms with Gasteiger partial charge in [0.15, 0.2) is 0 Å². The van der Waals surface area contributed by atoms with Crippen molar-refractivity contribution in [1.29, 1.82) is 0 Å². The first-order valence-corrected chi connectivity index (χ1v) is 6.94. The number of aromatic nitrogens is 2. The number of nitrogen functional groups attached to an aromatic ring is 1. The second kappa shape index (κ2) is 4.30. The van der Waals surface area contributed by atoms with Crippen LogP contribution >= 0.6 is 0 Å². The number of hydrogen-bond acceptors (Lipinski definition) is 3. The molecule has 1 heterocycles. The molecule has 1 aromatic heterocycles. The molecule has 1 fully saturated rings. The van der Waals surface area contributed by atoms with E-state index < -0.39 is 0 Å². The molecule has 3 aromatic rings. The van der Waals surface area contributed by atoms with Gasteiger partial charge in [0.05, 0.1) is 5.69 Å². The molecule has 0 saturated heterocycles. The van der Waals surface area contributed by atoms with Crippen molar-refractivity contribution >= 4 is 16.6 Å². The fourth-order valence-corrected chi connectivity index (χ4v) is 2.60. The van der Waals surface area contributed by atoms with Crippen molar-refractivity contribution in [3.05, 3.63) is 54.4 Å². The number of hydrogen-bond donors (Lipinski definition) is 1. The van der Waals surface area contributed by atoms with Crippen molar-refractivity contribution in [3.63, 3.8) is 0 Å². The summed E-state index contributed by atoms with van der Waals surface area (Å²) in [5.41, 5.74) is 8.01. The molecular weight excluding hydrogens is 246 g/mol. The zero-order valence-corrected chi connectivity index (χ0v) is 11.1. The first-order valence-electron chi connectivity index (χ1n) is 6.94. The minimum atomic E-state index is 0.507. The fraction of sp³-hybridized carbons (Fsp3) is 0.176. The third-order valence-corrected chi connectivity index (χ3v) is 3.77. The van der Waals surface area contributed by atoms with Crippen LogP contribution in [-0.2, 0) is 0 Å². The maximum atomic E-state index is 5.96. The zero-order chi connectivity index (χ0) is 13.5. The predicted octanol–water partition coefficient (Wildman–Crippen LogP) is 3.76. The summed E-state index contributed by atoms with van der Waals surface area (Å²) in [7, 11) is 0. The Hall–Kier alpha value is -2.42. The summed E-state index contributed by atoms with van der Waals surface area (Å²) in [6.45, 7) is 0. The van der Waals surface area contributed by atoms with Gasteiger partial charge < -0.3 is 5.73 Å². The van der Waals surface area contributed by atoms with E-state index in [1.807, 2.05) is 6.07 Å². The summed E-state index contributed by atoms with van der Waals surface area (Å²) in [4.78, 5) is 9.09. The third kappa shape index (κ3) is 1.92. The Labute approximate surface area is 117 Å². The van der Waals surface area contributed by atoms with Crippen LogP contribution in [0.4, 0.5) is 5.82 Å². The van der Waals surface area contributed by atoms with Crippen molar-refractivity contribution in [2.24, 2.45) is 0 Å². The Bertz CT molecular complexity index is 786. The maximum absolute atomic E-state index is 5.96. The van der Waals surface area contributed by atoms with E-state index in [1.54, 1.807) is 0 Å². The lowest BCUT2D eigenvalue weighted by atomic mass is 10.0. The van der Waals surface area contributed by atoms with Gasteiger partial charge in [0, 0.05) is 17.5 Å². The molecule has 1 aliphatic rings. The highest BCUT2D eigenvalue weighted by Gasteiger charge is 2.27. The van der Waals surface area contributed by atoms with Crippen molar-refractivity contribution in [3.8, 4) is 11.3 Å². The molecule has 0 aliphatic heterocycles. The molecule has 1 saturated carbocycles. The first kappa shape index (κ1) is 11.4. The summed E-state index contributed by atoms with van der Waals surface area (Å²) < 4.78 is 0. The molecule has 0 radical (unpaired) electrons. The van der Waals surface area contributed by atoms with Crippen LogP contribution in [0.1, 0.15) is 24.6 Å². The summed E-state index contributed by atoms with van der Waals surface area (Å²) in [5, 5.41) is 2.42. The van der Waals surface area contributed by atoms with Crippen LogP contribution in [0.25, 0.3) is 22.0 Å². The van der Waals surface area contributed by atoms with E-state index in [4.69, 9.17) is 10.7 Å². The lowest BCUT2D eigenvalue weighted by Crippen LogP contribution is -2.00. The van der Waals surface area contributed by atoms with Crippen LogP contribution in [0.2, 0.25) is 0 Å². The van der Waals surface area contributed by atoms with Gasteiger partial charge in [0.25, 0.3) is 0 Å². The molecule has 0 atom stereocenters. The molecule has 98 valence electrons. The third-order valence-electron chi connectivity index (χ3n) is 3.77. The van der Waals surface area contributed by atoms with Crippen molar-refractivity contribution in [2.45, 2.75) is 18.8 Å². The molecule has 2 aromatic carbocycles. The maximum Gasteiger partial charge on any atom is 0.134 e. The summed E-state index contributed by atoms with van der Waals surface area (Å²) in [6.07, 6.45) is 2.36. The number of benzene rings is 2. The largest absolute Gasteiger partial charge is 0.384 e. The van der Waals surface area contributed by atoms with Crippen molar-refractivity contribution in [1.82, 2.24) is 9.97 Å². The van der Waals surface area contributed by atoms with Gasteiger partial charge in [-0.2, -0.15) is 0 Å². The standard InChI is InChI=1S/C17H15N3/c18-16-10-15(19-17(20-16)12-8-9-12)14-7-3-5-11-4-1-2-6-13(11)14/h1-7,10,12H,8-9H2,(H2,18,19,20). The molecular formula is C17H15N3. The Morgan fingerprint density at radius 3 is 2.60 bits per heavy atom. The smallest absolute Gasteiger partial charge is 0.134 e. The average Bonchev–Trinajstić information content (AvgIpc) is 3.30. The van der Waals surface area contributed by atoms with E-state index in [0.717, 1.165) is 17.1 Å². The van der Waals surface area contributed by atoms with Crippen LogP contribution in [0.15, 0.2) is 48.5 Å². The monoisotopic (exact) mass is 261 g/mol. The van der Waals surface area contributed by atoms with E-state index in [2.05, 4.69) is 47.4 Å². The van der Waals surface area contributed by atoms with E-state index in [9.17, 15) is 0 Å². The van der Waals surface area contributed by atoms with Gasteiger partial charge in [0.1, 0.15) is 11.6 Å². The molecule has 1 aliphatic carbocycles. The van der Waals surface area contributed by atoms with Crippen LogP contribution in [0, 0.1) is 0 Å². The minimum Gasteiger partial charge on any atom is -0.384 e. The Morgan fingerprint density at radius 2 is 1.75 bits per heavy atom. The average molecular weight is 261 g/mol. The molecule has 20 heavy (non-hydrogen) atoms. The van der Waals surface area contributed by atoms with Gasteiger partial charge in [0.2, 0.25) is 0 Å². The summed E-state index contributed by atoms with van der Waals surface area (Å²) >= 11 is 0. The normalized spacial score (nSPS) is 14.6. The van der Waals surface area contributed by atoms with Gasteiger partial charge in [-0.15, -0.1) is 0 Å². The summed E-state index contributed by atoms with van der Waals surface area (Å²) in [6, 6.07) is 16.5. The predicted molar refractivity (Wildman–Crippen MR) is 81.4 cm³/mol. The molecule has 3 heteroatoms. The number of nitrogens with two attached hydrogens (primary N) is 1. The molecule has 0 amide bonds. The molecule has 4 rings (SSSR count). The number of rotatable bonds is 2. The number of anilines is 1. The molecule has 0 unspecified atom stereocenters. The van der Waals surface area contributed by atoms with E-state index in [-0.39, 0.29) is 0 Å². The topological polar surface area (TPSA) is 51.8 Å². The van der Waals surface area contributed by atoms with Crippen LogP contribution in [0.3, 0.4) is 0 Å². The molecule has 3 nitrogen and oxygen atoms in total. The fourth-order valence-electron chi connectivity index (χ4n) is 2.60. The highest BCUT2D eigenvalue weighted by molar-refractivity contribution is 5.95. The van der Waals surface area contributed by atoms with Gasteiger partial charge in [-0.1, -0.05) is 42.5 Å². The summed E-state index contributed by atoms with van der Waals surface area (Å²) in [5.74, 6) is 1.96. The zero-order valence-electron chi connectivity index (χ0n) is 11.1. The van der Waals surface area contributed by atoms with Gasteiger partial charge in [-0.25, -0.2) is 9.97 Å². The van der Waals surface area contributed by atoms with Crippen molar-refractivity contribution < 1.29 is 0 Å². The highest BCUT2D eigenvalue weighted by Crippen LogP contribution is 2.39. The van der Waals surface area contributed by atoms with Crippen LogP contribution < -0.4 is 5.73 Å². The van der Waals surface area contributed by atoms with Gasteiger partial charge >= 0.3 is 0 Å². The first-order chi connectivity index (χ1) is 9.81. The second-order valence-corrected chi connectivity index (χ2v) is 5.34. The van der Waals surface area contributed by atoms with Crippen LogP contribution in [-0.4, -0.2) is 9.97 Å². The molecule has 2 N–H and O–H groups in total. The number of nitrogens with zero attached hydrogens (tertiary/aromatic N) is 2. The molecule has 0 spiro atoms. The minimum absolute atomic E-state index is 0.507. The second-order valence-electron chi connectivity index (χ2n) is 5.34. The van der Waals surface area contributed by atoms with Gasteiger partial charge in [-0.3, -0.25) is 0 Å². The Kier molecular flexibility index (Phi) is 2.46. The Morgan fingerprint density at radius 1 is 0.950 bits per heavy atom. The van der Waals surface area contributed by atoms with E-state index >= 15 is 0 Å². The quantitative estimate of drug-likeness (QED) is 0.764. The number of fused-ring (bicyclic) bond motifs is 1. The van der Waals surface area contributed by atoms with Gasteiger partial charge in [-0.05, 0) is 23.6 Å². The van der Waals surface area contributed by atoms with E-state index in [0.29, 0.717) is 11.7 Å². The lowest BCUT2D eigenvalue weighted by Gasteiger charge is -2.08.